The fourth-order valence-corrected chi connectivity index (χ4v) is 6.95. The van der Waals surface area contributed by atoms with Gasteiger partial charge in [0, 0.05) is 50.3 Å². The van der Waals surface area contributed by atoms with Crippen molar-refractivity contribution in [2.45, 2.75) is 84.4 Å². The molecule has 176 valence electrons. The van der Waals surface area contributed by atoms with Crippen LogP contribution in [-0.2, 0) is 0 Å². The Kier molecular flexibility index (Phi) is 7.61. The SMILES string of the molecule is CCN1CCN(C(C)(C)C(C)(N2CCC(O)CC2)C(C)(C)C2CCN(C)CC2)CC1. The largest absolute Gasteiger partial charge is 0.393 e. The molecule has 1 unspecified atom stereocenters. The van der Waals surface area contributed by atoms with E-state index in [2.05, 4.69) is 68.2 Å². The van der Waals surface area contributed by atoms with Crippen LogP contribution in [0.2, 0.25) is 0 Å². The summed E-state index contributed by atoms with van der Waals surface area (Å²) >= 11 is 0. The topological polar surface area (TPSA) is 33.2 Å². The summed E-state index contributed by atoms with van der Waals surface area (Å²) in [6.45, 7) is 25.4. The summed E-state index contributed by atoms with van der Waals surface area (Å²) in [6.07, 6.45) is 4.32. The van der Waals surface area contributed by atoms with Gasteiger partial charge in [-0.15, -0.1) is 0 Å². The van der Waals surface area contributed by atoms with Crippen molar-refractivity contribution in [1.82, 2.24) is 19.6 Å². The third-order valence-electron chi connectivity index (χ3n) is 9.89. The molecule has 0 aromatic carbocycles. The van der Waals surface area contributed by atoms with Crippen molar-refractivity contribution in [2.24, 2.45) is 11.3 Å². The van der Waals surface area contributed by atoms with Crippen LogP contribution >= 0.6 is 0 Å². The molecule has 3 aliphatic rings. The lowest BCUT2D eigenvalue weighted by molar-refractivity contribution is -0.155. The molecule has 30 heavy (non-hydrogen) atoms. The predicted octanol–water partition coefficient (Wildman–Crippen LogP) is 2.99. The van der Waals surface area contributed by atoms with E-state index in [1.54, 1.807) is 0 Å². The van der Waals surface area contributed by atoms with Crippen LogP contribution in [0, 0.1) is 11.3 Å². The summed E-state index contributed by atoms with van der Waals surface area (Å²) in [4.78, 5) is 10.7. The van der Waals surface area contributed by atoms with Gasteiger partial charge in [0.25, 0.3) is 0 Å². The maximum absolute atomic E-state index is 10.2. The van der Waals surface area contributed by atoms with Gasteiger partial charge in [0.15, 0.2) is 0 Å². The number of piperazine rings is 1. The monoisotopic (exact) mass is 422 g/mol. The van der Waals surface area contributed by atoms with Crippen molar-refractivity contribution in [2.75, 3.05) is 66.0 Å². The zero-order valence-electron chi connectivity index (χ0n) is 21.1. The molecule has 0 spiro atoms. The molecule has 0 saturated carbocycles. The number of aliphatic hydroxyl groups is 1. The van der Waals surface area contributed by atoms with E-state index in [0.29, 0.717) is 0 Å². The first kappa shape index (κ1) is 24.4. The average Bonchev–Trinajstić information content (AvgIpc) is 2.73. The summed E-state index contributed by atoms with van der Waals surface area (Å²) in [7, 11) is 2.27. The second-order valence-corrected chi connectivity index (χ2v) is 11.6. The van der Waals surface area contributed by atoms with E-state index in [9.17, 15) is 5.11 Å². The molecule has 0 bridgehead atoms. The van der Waals surface area contributed by atoms with Gasteiger partial charge in [0.1, 0.15) is 0 Å². The van der Waals surface area contributed by atoms with Gasteiger partial charge in [-0.05, 0) is 84.5 Å². The second-order valence-electron chi connectivity index (χ2n) is 11.6. The predicted molar refractivity (Wildman–Crippen MR) is 127 cm³/mol. The second kappa shape index (κ2) is 9.35. The molecule has 0 radical (unpaired) electrons. The van der Waals surface area contributed by atoms with E-state index < -0.39 is 0 Å². The average molecular weight is 423 g/mol. The van der Waals surface area contributed by atoms with Crippen LogP contribution in [0.1, 0.15) is 67.2 Å². The van der Waals surface area contributed by atoms with Crippen molar-refractivity contribution >= 4 is 0 Å². The summed E-state index contributed by atoms with van der Waals surface area (Å²) in [5.41, 5.74) is 0.318. The maximum atomic E-state index is 10.2. The highest BCUT2D eigenvalue weighted by Gasteiger charge is 2.59. The Hall–Kier alpha value is -0.200. The lowest BCUT2D eigenvalue weighted by atomic mass is 9.54. The fraction of sp³-hybridized carbons (Fsp3) is 1.00. The number of hydrogen-bond acceptors (Lipinski definition) is 5. The van der Waals surface area contributed by atoms with Gasteiger partial charge in [0.2, 0.25) is 0 Å². The minimum Gasteiger partial charge on any atom is -0.393 e. The number of hydrogen-bond donors (Lipinski definition) is 1. The number of rotatable bonds is 6. The van der Waals surface area contributed by atoms with E-state index >= 15 is 0 Å². The summed E-state index contributed by atoms with van der Waals surface area (Å²) in [5, 5.41) is 10.2. The normalized spacial score (nSPS) is 28.0. The Labute approximate surface area is 186 Å². The first-order chi connectivity index (χ1) is 14.0. The highest BCUT2D eigenvalue weighted by molar-refractivity contribution is 5.15. The van der Waals surface area contributed by atoms with Gasteiger partial charge in [-0.25, -0.2) is 0 Å². The third kappa shape index (κ3) is 4.34. The van der Waals surface area contributed by atoms with E-state index in [-0.39, 0.29) is 22.6 Å². The molecule has 0 amide bonds. The fourth-order valence-electron chi connectivity index (χ4n) is 6.95. The van der Waals surface area contributed by atoms with Gasteiger partial charge < -0.3 is 14.9 Å². The molecule has 0 aliphatic carbocycles. The van der Waals surface area contributed by atoms with E-state index in [4.69, 9.17) is 0 Å². The van der Waals surface area contributed by atoms with Gasteiger partial charge >= 0.3 is 0 Å². The van der Waals surface area contributed by atoms with Crippen LogP contribution in [-0.4, -0.2) is 108 Å². The highest BCUT2D eigenvalue weighted by atomic mass is 16.3. The molecule has 1 N–H and O–H groups in total. The van der Waals surface area contributed by atoms with Crippen molar-refractivity contribution in [3.05, 3.63) is 0 Å². The Morgan fingerprint density at radius 1 is 0.733 bits per heavy atom. The van der Waals surface area contributed by atoms with Crippen molar-refractivity contribution in [1.29, 1.82) is 0 Å². The molecule has 3 aliphatic heterocycles. The van der Waals surface area contributed by atoms with Crippen LogP contribution in [0.5, 0.6) is 0 Å². The Bertz CT molecular complexity index is 541. The molecule has 3 heterocycles. The minimum absolute atomic E-state index is 0.0507. The number of aliphatic hydroxyl groups excluding tert-OH is 1. The molecule has 0 aromatic heterocycles. The molecule has 3 fully saturated rings. The molecule has 3 rings (SSSR count). The quantitative estimate of drug-likeness (QED) is 0.712. The Morgan fingerprint density at radius 2 is 1.27 bits per heavy atom. The summed E-state index contributed by atoms with van der Waals surface area (Å²) in [6, 6.07) is 0. The van der Waals surface area contributed by atoms with Crippen molar-refractivity contribution < 1.29 is 5.11 Å². The van der Waals surface area contributed by atoms with Crippen molar-refractivity contribution in [3.63, 3.8) is 0 Å². The van der Waals surface area contributed by atoms with Crippen LogP contribution in [0.15, 0.2) is 0 Å². The van der Waals surface area contributed by atoms with Gasteiger partial charge in [-0.3, -0.25) is 9.80 Å². The number of likely N-dealkylation sites (tertiary alicyclic amines) is 2. The molecule has 3 saturated heterocycles. The standard InChI is InChI=1S/C25H50N4O/c1-8-27-17-19-28(20-18-27)24(4,5)25(6,29-15-11-22(30)12-16-29)23(2,3)21-9-13-26(7)14-10-21/h21-22,30H,8-20H2,1-7H3. The molecule has 0 aromatic rings. The van der Waals surface area contributed by atoms with E-state index in [1.807, 2.05) is 0 Å². The number of likely N-dealkylation sites (N-methyl/N-ethyl adjacent to an activating group) is 1. The minimum atomic E-state index is -0.117. The zero-order valence-corrected chi connectivity index (χ0v) is 21.1. The molecule has 1 atom stereocenters. The Balaban J connectivity index is 1.92. The first-order valence-electron chi connectivity index (χ1n) is 12.6. The first-order valence-corrected chi connectivity index (χ1v) is 12.6. The van der Waals surface area contributed by atoms with Gasteiger partial charge in [-0.1, -0.05) is 20.8 Å². The molecular weight excluding hydrogens is 372 g/mol. The summed E-state index contributed by atoms with van der Waals surface area (Å²) in [5.74, 6) is 0.738. The third-order valence-corrected chi connectivity index (χ3v) is 9.89. The molecule has 5 heteroatoms. The van der Waals surface area contributed by atoms with E-state index in [0.717, 1.165) is 51.5 Å². The molecule has 5 nitrogen and oxygen atoms in total. The lowest BCUT2D eigenvalue weighted by Crippen LogP contribution is -2.76. The molecular formula is C25H50N4O. The van der Waals surface area contributed by atoms with Gasteiger partial charge in [0.05, 0.1) is 6.10 Å². The van der Waals surface area contributed by atoms with Crippen LogP contribution < -0.4 is 0 Å². The van der Waals surface area contributed by atoms with Gasteiger partial charge in [-0.2, -0.15) is 0 Å². The maximum Gasteiger partial charge on any atom is 0.0564 e. The van der Waals surface area contributed by atoms with Crippen LogP contribution in [0.4, 0.5) is 0 Å². The smallest absolute Gasteiger partial charge is 0.0564 e. The van der Waals surface area contributed by atoms with Crippen molar-refractivity contribution in [3.8, 4) is 0 Å². The van der Waals surface area contributed by atoms with Crippen LogP contribution in [0.25, 0.3) is 0 Å². The van der Waals surface area contributed by atoms with E-state index in [1.165, 1.54) is 39.0 Å². The number of nitrogens with zero attached hydrogens (tertiary/aromatic N) is 4. The number of piperidine rings is 2. The highest BCUT2D eigenvalue weighted by Crippen LogP contribution is 2.53. The lowest BCUT2D eigenvalue weighted by Gasteiger charge is -2.66. The zero-order chi connectivity index (χ0) is 22.2. The summed E-state index contributed by atoms with van der Waals surface area (Å²) < 4.78 is 0. The Morgan fingerprint density at radius 3 is 1.77 bits per heavy atom. The van der Waals surface area contributed by atoms with Crippen LogP contribution in [0.3, 0.4) is 0 Å².